The Hall–Kier alpha value is -2.50. The summed E-state index contributed by atoms with van der Waals surface area (Å²) in [5, 5.41) is 5.04. The summed E-state index contributed by atoms with van der Waals surface area (Å²) >= 11 is 12.4. The SMILES string of the molecule is COc1cccc(NC(=S)N(Cc2cccn2Cc2ccccc2Cl)C2CCCCCC2)c1. The molecule has 4 nitrogen and oxygen atoms in total. The molecule has 0 atom stereocenters. The molecule has 0 amide bonds. The first-order valence-electron chi connectivity index (χ1n) is 11.7. The van der Waals surface area contributed by atoms with E-state index in [4.69, 9.17) is 28.6 Å². The number of hydrogen-bond acceptors (Lipinski definition) is 2. The van der Waals surface area contributed by atoms with Crippen LogP contribution in [0.5, 0.6) is 5.75 Å². The van der Waals surface area contributed by atoms with Crippen LogP contribution in [0.25, 0.3) is 0 Å². The Labute approximate surface area is 207 Å². The van der Waals surface area contributed by atoms with Gasteiger partial charge in [0.1, 0.15) is 5.75 Å². The Kier molecular flexibility index (Phi) is 8.30. The lowest BCUT2D eigenvalue weighted by Gasteiger charge is -2.34. The standard InChI is InChI=1S/C27H32ClN3OS/c1-32-25-15-8-11-22(18-25)29-27(33)31(23-12-4-2-3-5-13-23)20-24-14-9-17-30(24)19-21-10-6-7-16-26(21)28/h6-11,14-18,23H,2-5,12-13,19-20H2,1H3,(H,29,33). The van der Waals surface area contributed by atoms with Gasteiger partial charge in [0, 0.05) is 41.3 Å². The molecule has 1 aromatic heterocycles. The van der Waals surface area contributed by atoms with Gasteiger partial charge in [-0.15, -0.1) is 0 Å². The lowest BCUT2D eigenvalue weighted by atomic mass is 10.1. The Morgan fingerprint density at radius 1 is 1.06 bits per heavy atom. The first-order valence-corrected chi connectivity index (χ1v) is 12.5. The van der Waals surface area contributed by atoms with Crippen LogP contribution in [0.4, 0.5) is 5.69 Å². The van der Waals surface area contributed by atoms with E-state index in [0.717, 1.165) is 40.2 Å². The van der Waals surface area contributed by atoms with Crippen molar-refractivity contribution in [2.75, 3.05) is 12.4 Å². The molecule has 6 heteroatoms. The first-order chi connectivity index (χ1) is 16.1. The third-order valence-electron chi connectivity index (χ3n) is 6.40. The Morgan fingerprint density at radius 3 is 2.61 bits per heavy atom. The van der Waals surface area contributed by atoms with Crippen molar-refractivity contribution >= 4 is 34.6 Å². The monoisotopic (exact) mass is 481 g/mol. The van der Waals surface area contributed by atoms with Crippen LogP contribution in [0.2, 0.25) is 5.02 Å². The molecule has 4 rings (SSSR count). The summed E-state index contributed by atoms with van der Waals surface area (Å²) in [6, 6.07) is 20.7. The fraction of sp³-hybridized carbons (Fsp3) is 0.370. The van der Waals surface area contributed by atoms with E-state index in [2.05, 4.69) is 39.2 Å². The second kappa shape index (κ2) is 11.6. The van der Waals surface area contributed by atoms with E-state index >= 15 is 0 Å². The molecule has 174 valence electrons. The quantitative estimate of drug-likeness (QED) is 0.287. The highest BCUT2D eigenvalue weighted by atomic mass is 35.5. The molecule has 0 unspecified atom stereocenters. The molecule has 1 heterocycles. The number of anilines is 1. The lowest BCUT2D eigenvalue weighted by molar-refractivity contribution is 0.274. The number of thiocarbonyl (C=S) groups is 1. The van der Waals surface area contributed by atoms with Crippen LogP contribution in [0.3, 0.4) is 0 Å². The number of nitrogens with zero attached hydrogens (tertiary/aromatic N) is 2. The van der Waals surface area contributed by atoms with Crippen LogP contribution in [-0.2, 0) is 13.1 Å². The summed E-state index contributed by atoms with van der Waals surface area (Å²) in [4.78, 5) is 2.39. The van der Waals surface area contributed by atoms with E-state index in [1.165, 1.54) is 44.2 Å². The van der Waals surface area contributed by atoms with Gasteiger partial charge in [0.05, 0.1) is 13.7 Å². The van der Waals surface area contributed by atoms with Gasteiger partial charge in [-0.2, -0.15) is 0 Å². The third kappa shape index (κ3) is 6.30. The predicted octanol–water partition coefficient (Wildman–Crippen LogP) is 7.12. The summed E-state index contributed by atoms with van der Waals surface area (Å²) in [6.45, 7) is 1.51. The number of halogens is 1. The van der Waals surface area contributed by atoms with Crippen LogP contribution in [0.1, 0.15) is 49.8 Å². The molecular formula is C27H32ClN3OS. The largest absolute Gasteiger partial charge is 0.497 e. The molecular weight excluding hydrogens is 450 g/mol. The average Bonchev–Trinajstić information content (AvgIpc) is 3.08. The zero-order valence-electron chi connectivity index (χ0n) is 19.2. The van der Waals surface area contributed by atoms with Gasteiger partial charge in [0.2, 0.25) is 0 Å². The highest BCUT2D eigenvalue weighted by Gasteiger charge is 2.24. The topological polar surface area (TPSA) is 29.4 Å². The summed E-state index contributed by atoms with van der Waals surface area (Å²) < 4.78 is 7.66. The van der Waals surface area contributed by atoms with Gasteiger partial charge in [-0.05, 0) is 61.0 Å². The van der Waals surface area contributed by atoms with E-state index in [1.807, 2.05) is 42.5 Å². The van der Waals surface area contributed by atoms with Crippen molar-refractivity contribution in [3.8, 4) is 5.75 Å². The molecule has 33 heavy (non-hydrogen) atoms. The molecule has 1 N–H and O–H groups in total. The third-order valence-corrected chi connectivity index (χ3v) is 7.11. The molecule has 0 radical (unpaired) electrons. The van der Waals surface area contributed by atoms with Crippen molar-refractivity contribution in [2.24, 2.45) is 0 Å². The van der Waals surface area contributed by atoms with Gasteiger partial charge in [-0.3, -0.25) is 0 Å². The molecule has 1 aliphatic rings. The number of hydrogen-bond donors (Lipinski definition) is 1. The van der Waals surface area contributed by atoms with E-state index < -0.39 is 0 Å². The summed E-state index contributed by atoms with van der Waals surface area (Å²) in [5.74, 6) is 0.817. The van der Waals surface area contributed by atoms with E-state index in [0.29, 0.717) is 6.04 Å². The van der Waals surface area contributed by atoms with Crippen LogP contribution < -0.4 is 10.1 Å². The van der Waals surface area contributed by atoms with Crippen molar-refractivity contribution < 1.29 is 4.74 Å². The second-order valence-corrected chi connectivity index (χ2v) is 9.45. The minimum atomic E-state index is 0.432. The smallest absolute Gasteiger partial charge is 0.174 e. The minimum Gasteiger partial charge on any atom is -0.497 e. The number of methoxy groups -OCH3 is 1. The number of nitrogens with one attached hydrogen (secondary N) is 1. The van der Waals surface area contributed by atoms with Gasteiger partial charge in [0.15, 0.2) is 5.11 Å². The molecule has 1 fully saturated rings. The number of rotatable bonds is 7. The van der Waals surface area contributed by atoms with E-state index in [9.17, 15) is 0 Å². The summed E-state index contributed by atoms with van der Waals surface area (Å²) in [6.07, 6.45) is 9.60. The van der Waals surface area contributed by atoms with E-state index in [-0.39, 0.29) is 0 Å². The Morgan fingerprint density at radius 2 is 1.85 bits per heavy atom. The highest BCUT2D eigenvalue weighted by molar-refractivity contribution is 7.80. The molecule has 0 aliphatic heterocycles. The molecule has 0 bridgehead atoms. The first kappa shape index (κ1) is 23.7. The van der Waals surface area contributed by atoms with Crippen molar-refractivity contribution in [1.29, 1.82) is 0 Å². The van der Waals surface area contributed by atoms with Crippen LogP contribution in [0.15, 0.2) is 66.9 Å². The van der Waals surface area contributed by atoms with Crippen LogP contribution >= 0.6 is 23.8 Å². The fourth-order valence-electron chi connectivity index (χ4n) is 4.56. The second-order valence-electron chi connectivity index (χ2n) is 8.65. The zero-order chi connectivity index (χ0) is 23.0. The zero-order valence-corrected chi connectivity index (χ0v) is 20.7. The number of benzene rings is 2. The maximum atomic E-state index is 6.44. The predicted molar refractivity (Wildman–Crippen MR) is 141 cm³/mol. The van der Waals surface area contributed by atoms with Gasteiger partial charge in [0.25, 0.3) is 0 Å². The highest BCUT2D eigenvalue weighted by Crippen LogP contribution is 2.26. The van der Waals surface area contributed by atoms with Crippen molar-refractivity contribution in [3.05, 3.63) is 83.1 Å². The Balaban J connectivity index is 1.56. The fourth-order valence-corrected chi connectivity index (χ4v) is 5.09. The number of aromatic nitrogens is 1. The van der Waals surface area contributed by atoms with Crippen molar-refractivity contribution in [3.63, 3.8) is 0 Å². The summed E-state index contributed by atoms with van der Waals surface area (Å²) in [5.41, 5.74) is 3.30. The summed E-state index contributed by atoms with van der Waals surface area (Å²) in [7, 11) is 1.68. The minimum absolute atomic E-state index is 0.432. The molecule has 3 aromatic rings. The van der Waals surface area contributed by atoms with Gasteiger partial charge in [-0.25, -0.2) is 0 Å². The van der Waals surface area contributed by atoms with Crippen molar-refractivity contribution in [2.45, 2.75) is 57.7 Å². The van der Waals surface area contributed by atoms with Gasteiger partial charge in [-0.1, -0.05) is 61.5 Å². The Bertz CT molecular complexity index is 1060. The lowest BCUT2D eigenvalue weighted by Crippen LogP contribution is -2.42. The molecule has 1 saturated carbocycles. The maximum absolute atomic E-state index is 6.44. The van der Waals surface area contributed by atoms with Gasteiger partial charge >= 0.3 is 0 Å². The molecule has 2 aromatic carbocycles. The van der Waals surface area contributed by atoms with Gasteiger partial charge < -0.3 is 19.5 Å². The van der Waals surface area contributed by atoms with Crippen molar-refractivity contribution in [1.82, 2.24) is 9.47 Å². The van der Waals surface area contributed by atoms with Crippen LogP contribution in [-0.4, -0.2) is 27.7 Å². The van der Waals surface area contributed by atoms with E-state index in [1.54, 1.807) is 7.11 Å². The average molecular weight is 482 g/mol. The normalized spacial score (nSPS) is 14.5. The maximum Gasteiger partial charge on any atom is 0.174 e. The van der Waals surface area contributed by atoms with Crippen LogP contribution in [0, 0.1) is 0 Å². The number of ether oxygens (including phenoxy) is 1. The molecule has 0 spiro atoms. The molecule has 1 aliphatic carbocycles. The molecule has 0 saturated heterocycles.